The molecule has 0 heterocycles. The van der Waals surface area contributed by atoms with Crippen LogP contribution in [0.25, 0.3) is 0 Å². The van der Waals surface area contributed by atoms with Crippen molar-refractivity contribution >= 4 is 0 Å². The maximum atomic E-state index is 8.49. The van der Waals surface area contributed by atoms with Gasteiger partial charge in [-0.2, -0.15) is 0 Å². The van der Waals surface area contributed by atoms with Crippen LogP contribution in [0.5, 0.6) is 0 Å². The van der Waals surface area contributed by atoms with E-state index in [9.17, 15) is 0 Å². The monoisotopic (exact) mass is 257 g/mol. The number of hydrogen-bond donors (Lipinski definition) is 0. The van der Waals surface area contributed by atoms with Gasteiger partial charge < -0.3 is 0 Å². The van der Waals surface area contributed by atoms with Crippen molar-refractivity contribution in [3.63, 3.8) is 0 Å². The zero-order valence-electron chi connectivity index (χ0n) is 4.36. The largest absolute Gasteiger partial charge is 3.00 e. The number of halogens is 2. The molecule has 11 heavy (non-hydrogen) atoms. The van der Waals surface area contributed by atoms with E-state index in [1.807, 2.05) is 0 Å². The molecule has 0 rings (SSSR count). The summed E-state index contributed by atoms with van der Waals surface area (Å²) in [6, 6.07) is 0. The van der Waals surface area contributed by atoms with Crippen molar-refractivity contribution in [2.75, 3.05) is 0 Å². The summed E-state index contributed by atoms with van der Waals surface area (Å²) in [6.07, 6.45) is 0. The normalized spacial score (nSPS) is 10.9. The van der Waals surface area contributed by atoms with E-state index in [1.54, 1.807) is 0 Å². The Hall–Kier alpha value is 0.766. The SMILES string of the molecule is [Co+3].[O-][Cl+3]([O-])([O-])[O-].[O-][Cl+3]([O-])([O-])[O-]. The van der Waals surface area contributed by atoms with Crippen molar-refractivity contribution in [3.05, 3.63) is 0 Å². The molecule has 0 saturated carbocycles. The Labute approximate surface area is 75.0 Å². The maximum Gasteiger partial charge on any atom is 3.00 e. The average Bonchev–Trinajstić information content (AvgIpc) is 1.12. The van der Waals surface area contributed by atoms with E-state index in [0.29, 0.717) is 0 Å². The predicted molar refractivity (Wildman–Crippen MR) is 0 cm³/mol. The van der Waals surface area contributed by atoms with Crippen molar-refractivity contribution in [1.82, 2.24) is 0 Å². The van der Waals surface area contributed by atoms with Gasteiger partial charge in [0, 0.05) is 0 Å². The standard InChI is InChI=1S/2ClHO4.Co/c2*2-1(3,4)5;/h2*(H,2,3,4,5);/q;;+3/p-2. The molecular formula is Cl2CoO8+. The zero-order chi connectivity index (χ0) is 9.00. The van der Waals surface area contributed by atoms with Gasteiger partial charge in [0.1, 0.15) is 0 Å². The molecule has 0 aliphatic heterocycles. The minimum absolute atomic E-state index is 0. The fraction of sp³-hybridized carbons (Fsp3) is 0. The molecule has 11 heteroatoms. The van der Waals surface area contributed by atoms with Crippen LogP contribution < -0.4 is 37.3 Å². The minimum atomic E-state index is -4.94. The summed E-state index contributed by atoms with van der Waals surface area (Å²) in [5.41, 5.74) is 0. The maximum absolute atomic E-state index is 8.49. The Kier molecular flexibility index (Phi) is 10.2. The summed E-state index contributed by atoms with van der Waals surface area (Å²) < 4.78 is 67.9. The summed E-state index contributed by atoms with van der Waals surface area (Å²) in [6.45, 7) is 0. The molecule has 0 radical (unpaired) electrons. The molecule has 0 amide bonds. The van der Waals surface area contributed by atoms with Crippen molar-refractivity contribution in [3.8, 4) is 0 Å². The third kappa shape index (κ3) is 1410. The van der Waals surface area contributed by atoms with E-state index in [-0.39, 0.29) is 16.8 Å². The summed E-state index contributed by atoms with van der Waals surface area (Å²) >= 11 is 0. The Morgan fingerprint density at radius 2 is 0.455 bits per heavy atom. The second-order valence-corrected chi connectivity index (χ2v) is 2.27. The first-order chi connectivity index (χ1) is 4.00. The van der Waals surface area contributed by atoms with Crippen molar-refractivity contribution in [1.29, 1.82) is 0 Å². The van der Waals surface area contributed by atoms with Crippen molar-refractivity contribution in [2.24, 2.45) is 0 Å². The molecule has 0 aliphatic rings. The van der Waals surface area contributed by atoms with Gasteiger partial charge in [0.25, 0.3) is 0 Å². The molecule has 0 aromatic carbocycles. The molecule has 0 N–H and O–H groups in total. The third-order valence-corrected chi connectivity index (χ3v) is 0. The van der Waals surface area contributed by atoms with Crippen LogP contribution >= 0.6 is 0 Å². The fourth-order valence-corrected chi connectivity index (χ4v) is 0. The molecule has 8 nitrogen and oxygen atoms in total. The summed E-state index contributed by atoms with van der Waals surface area (Å²) in [4.78, 5) is 0. The van der Waals surface area contributed by atoms with Gasteiger partial charge in [-0.15, -0.1) is 20.5 Å². The summed E-state index contributed by atoms with van der Waals surface area (Å²) in [7, 11) is -9.89. The summed E-state index contributed by atoms with van der Waals surface area (Å²) in [5, 5.41) is 0. The van der Waals surface area contributed by atoms with E-state index >= 15 is 0 Å². The van der Waals surface area contributed by atoms with Crippen LogP contribution in [0.1, 0.15) is 0 Å². The second kappa shape index (κ2) is 6.30. The fourth-order valence-electron chi connectivity index (χ4n) is 0. The van der Waals surface area contributed by atoms with Crippen LogP contribution in [-0.4, -0.2) is 0 Å². The smallest absolute Gasteiger partial charge is 0.222 e. The molecule has 0 unspecified atom stereocenters. The predicted octanol–water partition coefficient (Wildman–Crippen LogP) is -9.51. The quantitative estimate of drug-likeness (QED) is 0.409. The molecule has 0 bridgehead atoms. The van der Waals surface area contributed by atoms with Gasteiger partial charge in [-0.25, -0.2) is 37.3 Å². The molecule has 70 valence electrons. The topological polar surface area (TPSA) is 184 Å². The third-order valence-electron chi connectivity index (χ3n) is 0. The molecule has 0 atom stereocenters. The van der Waals surface area contributed by atoms with Gasteiger partial charge >= 0.3 is 16.8 Å². The van der Waals surface area contributed by atoms with E-state index in [4.69, 9.17) is 37.3 Å². The minimum Gasteiger partial charge on any atom is -0.222 e. The van der Waals surface area contributed by atoms with Gasteiger partial charge in [0.05, 0.1) is 0 Å². The van der Waals surface area contributed by atoms with Gasteiger partial charge in [0.15, 0.2) is 0 Å². The van der Waals surface area contributed by atoms with E-state index in [1.165, 1.54) is 0 Å². The number of hydrogen-bond acceptors (Lipinski definition) is 8. The van der Waals surface area contributed by atoms with Crippen molar-refractivity contribution in [2.45, 2.75) is 0 Å². The molecule has 0 aliphatic carbocycles. The molecular weight excluding hydrogens is 258 g/mol. The Bertz CT molecular complexity index is 55.1. The first-order valence-corrected chi connectivity index (χ1v) is 3.70. The van der Waals surface area contributed by atoms with Crippen LogP contribution in [0.2, 0.25) is 0 Å². The first-order valence-electron chi connectivity index (χ1n) is 1.23. The molecule has 0 saturated heterocycles. The van der Waals surface area contributed by atoms with Gasteiger partial charge in [0.2, 0.25) is 0 Å². The van der Waals surface area contributed by atoms with Gasteiger partial charge in [-0.1, -0.05) is 0 Å². The van der Waals surface area contributed by atoms with Gasteiger partial charge in [-0.05, 0) is 0 Å². The van der Waals surface area contributed by atoms with Crippen LogP contribution in [0.3, 0.4) is 0 Å². The Morgan fingerprint density at radius 3 is 0.455 bits per heavy atom. The van der Waals surface area contributed by atoms with Crippen LogP contribution in [0.4, 0.5) is 0 Å². The Balaban J connectivity index is -0.000000107. The Morgan fingerprint density at radius 1 is 0.455 bits per heavy atom. The first kappa shape index (κ1) is 17.7. The van der Waals surface area contributed by atoms with Crippen LogP contribution in [-0.2, 0) is 16.8 Å². The molecule has 0 spiro atoms. The van der Waals surface area contributed by atoms with Crippen molar-refractivity contribution < 1.29 is 74.5 Å². The van der Waals surface area contributed by atoms with E-state index < -0.39 is 20.5 Å². The zero-order valence-corrected chi connectivity index (χ0v) is 6.91. The second-order valence-electron chi connectivity index (χ2n) is 0.756. The molecule has 0 aromatic heterocycles. The summed E-state index contributed by atoms with van der Waals surface area (Å²) in [5.74, 6) is 0. The van der Waals surface area contributed by atoms with E-state index in [0.717, 1.165) is 0 Å². The van der Waals surface area contributed by atoms with Crippen LogP contribution in [0.15, 0.2) is 0 Å². The van der Waals surface area contributed by atoms with Crippen LogP contribution in [0, 0.1) is 20.5 Å². The number of rotatable bonds is 0. The molecule has 0 fully saturated rings. The molecule has 0 aromatic rings. The van der Waals surface area contributed by atoms with E-state index in [2.05, 4.69) is 0 Å². The van der Waals surface area contributed by atoms with Gasteiger partial charge in [-0.3, -0.25) is 0 Å². The average molecular weight is 258 g/mol.